The van der Waals surface area contributed by atoms with Gasteiger partial charge in [0.2, 0.25) is 5.43 Å². The van der Waals surface area contributed by atoms with Crippen LogP contribution in [0.25, 0.3) is 27.6 Å². The molecule has 120 valence electrons. The summed E-state index contributed by atoms with van der Waals surface area (Å²) in [6.45, 7) is 3.89. The van der Waals surface area contributed by atoms with Crippen LogP contribution >= 0.6 is 0 Å². The van der Waals surface area contributed by atoms with Gasteiger partial charge in [-0.05, 0) is 37.1 Å². The number of hydrogen-bond acceptors (Lipinski definition) is 4. The van der Waals surface area contributed by atoms with Gasteiger partial charge in [0.25, 0.3) is 5.56 Å². The van der Waals surface area contributed by atoms with E-state index in [4.69, 9.17) is 4.74 Å². The van der Waals surface area contributed by atoms with Crippen molar-refractivity contribution in [3.05, 3.63) is 62.2 Å². The lowest BCUT2D eigenvalue weighted by atomic mass is 10.0. The molecule has 3 heterocycles. The highest BCUT2D eigenvalue weighted by atomic mass is 16.5. The molecule has 4 rings (SSSR count). The Bertz CT molecular complexity index is 1250. The van der Waals surface area contributed by atoms with Gasteiger partial charge in [-0.25, -0.2) is 4.98 Å². The minimum atomic E-state index is -0.308. The van der Waals surface area contributed by atoms with Crippen LogP contribution in [0.5, 0.6) is 5.75 Å². The number of hydrogen-bond donors (Lipinski definition) is 1. The van der Waals surface area contributed by atoms with Gasteiger partial charge in [-0.1, -0.05) is 6.07 Å². The van der Waals surface area contributed by atoms with Crippen LogP contribution in [0.4, 0.5) is 0 Å². The average molecular weight is 321 g/mol. The molecule has 0 bridgehead atoms. The highest BCUT2D eigenvalue weighted by Crippen LogP contribution is 2.19. The molecule has 0 aliphatic heterocycles. The van der Waals surface area contributed by atoms with Crippen molar-refractivity contribution in [3.8, 4) is 5.75 Å². The first-order chi connectivity index (χ1) is 11.5. The first-order valence-electron chi connectivity index (χ1n) is 7.53. The standard InChI is InChI=1S/C18H15N3O3/c1-9-4-5-12-14(10(9)2)20-16-15(17(12)22)19-13-8-11(24-3)6-7-21(13)18(16)23/h4-8H,1-3H3,(H,20,22). The summed E-state index contributed by atoms with van der Waals surface area (Å²) >= 11 is 0. The molecule has 0 saturated heterocycles. The lowest BCUT2D eigenvalue weighted by Gasteiger charge is -2.09. The number of H-pyrrole nitrogens is 1. The van der Waals surface area contributed by atoms with Crippen LogP contribution in [0.3, 0.4) is 0 Å². The Labute approximate surface area is 136 Å². The SMILES string of the molecule is COc1ccn2c(=O)c3[nH]c4c(C)c(C)ccc4c(=O)c3nc2c1. The van der Waals surface area contributed by atoms with Gasteiger partial charge in [-0.15, -0.1) is 0 Å². The Morgan fingerprint density at radius 2 is 1.92 bits per heavy atom. The molecule has 3 aromatic heterocycles. The Hall–Kier alpha value is -3.15. The minimum absolute atomic E-state index is 0.143. The number of benzene rings is 1. The van der Waals surface area contributed by atoms with Crippen LogP contribution in [0, 0.1) is 13.8 Å². The van der Waals surface area contributed by atoms with E-state index >= 15 is 0 Å². The molecule has 0 amide bonds. The number of pyridine rings is 2. The van der Waals surface area contributed by atoms with Crippen molar-refractivity contribution in [2.45, 2.75) is 13.8 Å². The topological polar surface area (TPSA) is 76.5 Å². The first kappa shape index (κ1) is 14.4. The van der Waals surface area contributed by atoms with E-state index in [0.29, 0.717) is 22.3 Å². The van der Waals surface area contributed by atoms with Gasteiger partial charge in [0.1, 0.15) is 22.4 Å². The molecule has 1 N–H and O–H groups in total. The van der Waals surface area contributed by atoms with Crippen LogP contribution in [0.1, 0.15) is 11.1 Å². The summed E-state index contributed by atoms with van der Waals surface area (Å²) in [6, 6.07) is 6.97. The second kappa shape index (κ2) is 4.92. The number of aromatic nitrogens is 3. The van der Waals surface area contributed by atoms with E-state index in [1.54, 1.807) is 24.4 Å². The van der Waals surface area contributed by atoms with Crippen molar-refractivity contribution in [3.63, 3.8) is 0 Å². The molecule has 0 unspecified atom stereocenters. The molecular formula is C18H15N3O3. The quantitative estimate of drug-likeness (QED) is 0.546. The zero-order valence-corrected chi connectivity index (χ0v) is 13.5. The Kier molecular flexibility index (Phi) is 2.96. The van der Waals surface area contributed by atoms with Gasteiger partial charge in [0.15, 0.2) is 0 Å². The maximum Gasteiger partial charge on any atom is 0.282 e. The van der Waals surface area contributed by atoms with Crippen molar-refractivity contribution in [2.24, 2.45) is 0 Å². The number of methoxy groups -OCH3 is 1. The normalized spacial score (nSPS) is 11.5. The third kappa shape index (κ3) is 1.86. The largest absolute Gasteiger partial charge is 0.497 e. The maximum absolute atomic E-state index is 12.8. The molecule has 6 heteroatoms. The Balaban J connectivity index is 2.27. The molecule has 0 fully saturated rings. The third-order valence-electron chi connectivity index (χ3n) is 4.48. The maximum atomic E-state index is 12.8. The smallest absolute Gasteiger partial charge is 0.282 e. The van der Waals surface area contributed by atoms with Gasteiger partial charge in [0, 0.05) is 17.6 Å². The van der Waals surface area contributed by atoms with E-state index in [9.17, 15) is 9.59 Å². The Morgan fingerprint density at radius 3 is 2.67 bits per heavy atom. The highest BCUT2D eigenvalue weighted by molar-refractivity contribution is 5.92. The summed E-state index contributed by atoms with van der Waals surface area (Å²) in [5, 5.41) is 0.532. The average Bonchev–Trinajstić information content (AvgIpc) is 2.59. The molecule has 0 aliphatic rings. The van der Waals surface area contributed by atoms with Crippen LogP contribution < -0.4 is 15.7 Å². The van der Waals surface area contributed by atoms with Crippen molar-refractivity contribution in [2.75, 3.05) is 7.11 Å². The fourth-order valence-electron chi connectivity index (χ4n) is 2.94. The van der Waals surface area contributed by atoms with Crippen molar-refractivity contribution in [1.29, 1.82) is 0 Å². The monoisotopic (exact) mass is 321 g/mol. The van der Waals surface area contributed by atoms with E-state index in [-0.39, 0.29) is 22.0 Å². The summed E-state index contributed by atoms with van der Waals surface area (Å²) in [6.07, 6.45) is 1.59. The number of fused-ring (bicyclic) bond motifs is 3. The number of ether oxygens (including phenoxy) is 1. The molecule has 24 heavy (non-hydrogen) atoms. The second-order valence-electron chi connectivity index (χ2n) is 5.82. The summed E-state index contributed by atoms with van der Waals surface area (Å²) in [7, 11) is 1.54. The first-order valence-corrected chi connectivity index (χ1v) is 7.53. The van der Waals surface area contributed by atoms with Gasteiger partial charge in [0.05, 0.1) is 12.6 Å². The van der Waals surface area contributed by atoms with E-state index < -0.39 is 0 Å². The zero-order chi connectivity index (χ0) is 17.0. The van der Waals surface area contributed by atoms with Crippen molar-refractivity contribution >= 4 is 27.6 Å². The predicted octanol–water partition coefficient (Wildman–Crippen LogP) is 2.31. The molecule has 0 radical (unpaired) electrons. The van der Waals surface area contributed by atoms with Gasteiger partial charge < -0.3 is 9.72 Å². The zero-order valence-electron chi connectivity index (χ0n) is 13.5. The third-order valence-corrected chi connectivity index (χ3v) is 4.48. The lowest BCUT2D eigenvalue weighted by molar-refractivity contribution is 0.414. The van der Waals surface area contributed by atoms with Crippen LogP contribution in [-0.4, -0.2) is 21.5 Å². The molecule has 0 atom stereocenters. The molecule has 4 aromatic rings. The second-order valence-corrected chi connectivity index (χ2v) is 5.82. The molecular weight excluding hydrogens is 306 g/mol. The van der Waals surface area contributed by atoms with Crippen LogP contribution in [0.15, 0.2) is 40.1 Å². The number of aryl methyl sites for hydroxylation is 2. The van der Waals surface area contributed by atoms with Crippen LogP contribution in [-0.2, 0) is 0 Å². The molecule has 1 aromatic carbocycles. The number of nitrogens with zero attached hydrogens (tertiary/aromatic N) is 2. The van der Waals surface area contributed by atoms with Crippen LogP contribution in [0.2, 0.25) is 0 Å². The minimum Gasteiger partial charge on any atom is -0.497 e. The molecule has 0 saturated carbocycles. The molecule has 0 aliphatic carbocycles. The van der Waals surface area contributed by atoms with Crippen molar-refractivity contribution < 1.29 is 4.74 Å². The number of aromatic amines is 1. The number of nitrogens with one attached hydrogen (secondary N) is 1. The summed E-state index contributed by atoms with van der Waals surface area (Å²) in [5.74, 6) is 0.574. The van der Waals surface area contributed by atoms with E-state index in [0.717, 1.165) is 11.1 Å². The van der Waals surface area contributed by atoms with Crippen molar-refractivity contribution in [1.82, 2.24) is 14.4 Å². The molecule has 6 nitrogen and oxygen atoms in total. The fourth-order valence-corrected chi connectivity index (χ4v) is 2.94. The number of rotatable bonds is 1. The lowest BCUT2D eigenvalue weighted by Crippen LogP contribution is -2.20. The van der Waals surface area contributed by atoms with Gasteiger partial charge in [-0.2, -0.15) is 0 Å². The summed E-state index contributed by atoms with van der Waals surface area (Å²) < 4.78 is 6.56. The Morgan fingerprint density at radius 1 is 1.12 bits per heavy atom. The van der Waals surface area contributed by atoms with Gasteiger partial charge in [-0.3, -0.25) is 14.0 Å². The van der Waals surface area contributed by atoms with E-state index in [1.165, 1.54) is 11.5 Å². The highest BCUT2D eigenvalue weighted by Gasteiger charge is 2.14. The fraction of sp³-hybridized carbons (Fsp3) is 0.167. The summed E-state index contributed by atoms with van der Waals surface area (Å²) in [5.41, 5.74) is 2.86. The van der Waals surface area contributed by atoms with E-state index in [2.05, 4.69) is 9.97 Å². The molecule has 0 spiro atoms. The van der Waals surface area contributed by atoms with E-state index in [1.807, 2.05) is 19.9 Å². The predicted molar refractivity (Wildman–Crippen MR) is 93.1 cm³/mol. The van der Waals surface area contributed by atoms with Gasteiger partial charge >= 0.3 is 0 Å². The summed E-state index contributed by atoms with van der Waals surface area (Å²) in [4.78, 5) is 33.1.